The number of fused-ring (bicyclic) bond motifs is 1. The molecule has 0 aromatic carbocycles. The summed E-state index contributed by atoms with van der Waals surface area (Å²) in [6.45, 7) is 0. The van der Waals surface area contributed by atoms with E-state index in [2.05, 4.69) is 32.6 Å². The average Bonchev–Trinajstić information content (AvgIpc) is 2.63. The summed E-state index contributed by atoms with van der Waals surface area (Å²) in [5.41, 5.74) is 6.55. The molecule has 1 aliphatic rings. The van der Waals surface area contributed by atoms with Crippen LogP contribution >= 0.6 is 22.6 Å². The predicted molar refractivity (Wildman–Crippen MR) is 73.8 cm³/mol. The summed E-state index contributed by atoms with van der Waals surface area (Å²) in [7, 11) is 0. The fraction of sp³-hybridized carbons (Fsp3) is 0.455. The Kier molecular flexibility index (Phi) is 2.91. The molecule has 0 amide bonds. The molecular weight excluding hydrogens is 347 g/mol. The summed E-state index contributed by atoms with van der Waals surface area (Å²) < 4.78 is 2.51. The van der Waals surface area contributed by atoms with Crippen molar-refractivity contribution < 1.29 is 10.2 Å². The van der Waals surface area contributed by atoms with Gasteiger partial charge in [0.2, 0.25) is 0 Å². The number of aliphatic hydroxyl groups is 2. The highest BCUT2D eigenvalue weighted by atomic mass is 127. The molecule has 0 spiro atoms. The quantitative estimate of drug-likeness (QED) is 0.686. The molecule has 6 nitrogen and oxygen atoms in total. The van der Waals surface area contributed by atoms with Gasteiger partial charge in [-0.15, -0.1) is 0 Å². The second-order valence-corrected chi connectivity index (χ2v) is 5.64. The van der Waals surface area contributed by atoms with Crippen LogP contribution in [0.2, 0.25) is 0 Å². The van der Waals surface area contributed by atoms with E-state index in [0.29, 0.717) is 24.5 Å². The van der Waals surface area contributed by atoms with E-state index in [1.807, 2.05) is 0 Å². The molecule has 1 fully saturated rings. The Morgan fingerprint density at radius 2 is 2.22 bits per heavy atom. The lowest BCUT2D eigenvalue weighted by atomic mass is 9.78. The van der Waals surface area contributed by atoms with Crippen LogP contribution in [0, 0.1) is 9.62 Å². The Bertz CT molecular complexity index is 594. The number of aromatic nitrogens is 3. The van der Waals surface area contributed by atoms with Crippen molar-refractivity contribution in [3.63, 3.8) is 0 Å². The summed E-state index contributed by atoms with van der Waals surface area (Å²) in [5.74, 6) is 1.04. The first-order valence-corrected chi connectivity index (χ1v) is 6.80. The third-order valence-electron chi connectivity index (χ3n) is 3.43. The molecule has 1 aliphatic carbocycles. The van der Waals surface area contributed by atoms with Crippen molar-refractivity contribution in [2.45, 2.75) is 25.0 Å². The Labute approximate surface area is 117 Å². The Morgan fingerprint density at radius 3 is 2.89 bits per heavy atom. The lowest BCUT2D eigenvalue weighted by molar-refractivity contribution is -0.0323. The Morgan fingerprint density at radius 1 is 1.50 bits per heavy atom. The van der Waals surface area contributed by atoms with Gasteiger partial charge in [-0.1, -0.05) is 0 Å². The van der Waals surface area contributed by atoms with Gasteiger partial charge in [0.1, 0.15) is 21.1 Å². The second-order valence-electron chi connectivity index (χ2n) is 4.62. The highest BCUT2D eigenvalue weighted by Crippen LogP contribution is 2.38. The van der Waals surface area contributed by atoms with Crippen molar-refractivity contribution in [3.05, 3.63) is 21.9 Å². The van der Waals surface area contributed by atoms with Crippen molar-refractivity contribution in [2.24, 2.45) is 5.92 Å². The van der Waals surface area contributed by atoms with Crippen LogP contribution in [0.1, 0.15) is 24.8 Å². The molecule has 0 saturated heterocycles. The van der Waals surface area contributed by atoms with Crippen molar-refractivity contribution >= 4 is 33.9 Å². The monoisotopic (exact) mass is 360 g/mol. The zero-order valence-corrected chi connectivity index (χ0v) is 11.6. The molecule has 7 heteroatoms. The van der Waals surface area contributed by atoms with Crippen LogP contribution in [0.15, 0.2) is 12.4 Å². The molecule has 2 aromatic rings. The maximum Gasteiger partial charge on any atom is 0.150 e. The van der Waals surface area contributed by atoms with E-state index < -0.39 is 6.10 Å². The fourth-order valence-electron chi connectivity index (χ4n) is 2.35. The molecule has 3 rings (SSSR count). The average molecular weight is 360 g/mol. The molecule has 1 atom stereocenters. The van der Waals surface area contributed by atoms with Crippen molar-refractivity contribution in [1.29, 1.82) is 0 Å². The highest BCUT2D eigenvalue weighted by Gasteiger charge is 2.36. The number of halogens is 1. The SMILES string of the molecule is Nc1nccn2c(C(O)C3CC(O)C3)nc(I)c12. The summed E-state index contributed by atoms with van der Waals surface area (Å²) in [6, 6.07) is 0. The topological polar surface area (TPSA) is 96.7 Å². The van der Waals surface area contributed by atoms with E-state index in [1.54, 1.807) is 16.8 Å². The van der Waals surface area contributed by atoms with Gasteiger partial charge in [0.15, 0.2) is 5.82 Å². The molecule has 1 unspecified atom stereocenters. The zero-order valence-electron chi connectivity index (χ0n) is 9.49. The molecule has 0 radical (unpaired) electrons. The number of nitrogens with zero attached hydrogens (tertiary/aromatic N) is 3. The Hall–Kier alpha value is -0.930. The smallest absolute Gasteiger partial charge is 0.150 e. The van der Waals surface area contributed by atoms with Gasteiger partial charge in [0.05, 0.1) is 6.10 Å². The van der Waals surface area contributed by atoms with E-state index in [0.717, 1.165) is 9.22 Å². The summed E-state index contributed by atoms with van der Waals surface area (Å²) in [5, 5.41) is 19.6. The van der Waals surface area contributed by atoms with E-state index in [1.165, 1.54) is 0 Å². The van der Waals surface area contributed by atoms with Gasteiger partial charge in [-0.2, -0.15) is 0 Å². The zero-order chi connectivity index (χ0) is 12.9. The molecule has 18 heavy (non-hydrogen) atoms. The molecule has 2 heterocycles. The standard InChI is InChI=1S/C11H13IN4O2/c12-9-7-10(13)14-1-2-16(7)11(15-9)8(18)5-3-6(17)4-5/h1-2,5-6,8,17-18H,3-4H2,(H2,13,14). The van der Waals surface area contributed by atoms with Crippen LogP contribution in [-0.4, -0.2) is 30.7 Å². The molecule has 0 bridgehead atoms. The largest absolute Gasteiger partial charge is 0.393 e. The lowest BCUT2D eigenvalue weighted by Gasteiger charge is -2.34. The van der Waals surface area contributed by atoms with Gasteiger partial charge >= 0.3 is 0 Å². The van der Waals surface area contributed by atoms with E-state index in [9.17, 15) is 10.2 Å². The predicted octanol–water partition coefficient (Wildman–Crippen LogP) is 0.720. The molecular formula is C11H13IN4O2. The summed E-state index contributed by atoms with van der Waals surface area (Å²) in [4.78, 5) is 8.40. The van der Waals surface area contributed by atoms with Crippen LogP contribution in [0.4, 0.5) is 5.82 Å². The number of rotatable bonds is 2. The van der Waals surface area contributed by atoms with Crippen LogP contribution < -0.4 is 5.73 Å². The van der Waals surface area contributed by atoms with Crippen molar-refractivity contribution in [1.82, 2.24) is 14.4 Å². The van der Waals surface area contributed by atoms with Crippen molar-refractivity contribution in [3.8, 4) is 0 Å². The fourth-order valence-corrected chi connectivity index (χ4v) is 3.13. The number of anilines is 1. The van der Waals surface area contributed by atoms with Gasteiger partial charge in [-0.3, -0.25) is 4.40 Å². The van der Waals surface area contributed by atoms with Gasteiger partial charge in [-0.05, 0) is 41.4 Å². The molecule has 96 valence electrons. The second kappa shape index (κ2) is 4.32. The van der Waals surface area contributed by atoms with Crippen LogP contribution in [0.25, 0.3) is 5.52 Å². The van der Waals surface area contributed by atoms with Gasteiger partial charge < -0.3 is 15.9 Å². The third-order valence-corrected chi connectivity index (χ3v) is 4.18. The van der Waals surface area contributed by atoms with Gasteiger partial charge in [0, 0.05) is 12.4 Å². The number of hydrogen-bond acceptors (Lipinski definition) is 5. The van der Waals surface area contributed by atoms with Crippen LogP contribution in [0.3, 0.4) is 0 Å². The number of nitrogens with two attached hydrogens (primary N) is 1. The normalized spacial score (nSPS) is 25.1. The first-order valence-electron chi connectivity index (χ1n) is 5.72. The highest BCUT2D eigenvalue weighted by molar-refractivity contribution is 14.1. The first kappa shape index (κ1) is 12.1. The number of nitrogen functional groups attached to an aromatic ring is 1. The molecule has 4 N–H and O–H groups in total. The number of imidazole rings is 1. The third kappa shape index (κ3) is 1.77. The van der Waals surface area contributed by atoms with Crippen LogP contribution in [0.5, 0.6) is 0 Å². The van der Waals surface area contributed by atoms with Gasteiger partial charge in [0.25, 0.3) is 0 Å². The summed E-state index contributed by atoms with van der Waals surface area (Å²) in [6.07, 6.45) is 3.61. The molecule has 2 aromatic heterocycles. The Balaban J connectivity index is 2.04. The molecule has 0 aliphatic heterocycles. The van der Waals surface area contributed by atoms with Gasteiger partial charge in [-0.25, -0.2) is 9.97 Å². The molecule has 1 saturated carbocycles. The first-order chi connectivity index (χ1) is 8.58. The van der Waals surface area contributed by atoms with E-state index in [-0.39, 0.29) is 12.0 Å². The van der Waals surface area contributed by atoms with E-state index >= 15 is 0 Å². The maximum atomic E-state index is 10.3. The lowest BCUT2D eigenvalue weighted by Crippen LogP contribution is -2.33. The minimum atomic E-state index is -0.675. The minimum absolute atomic E-state index is 0.0655. The van der Waals surface area contributed by atoms with Crippen molar-refractivity contribution in [2.75, 3.05) is 5.73 Å². The minimum Gasteiger partial charge on any atom is -0.393 e. The maximum absolute atomic E-state index is 10.3. The van der Waals surface area contributed by atoms with E-state index in [4.69, 9.17) is 5.73 Å². The van der Waals surface area contributed by atoms with Crippen LogP contribution in [-0.2, 0) is 0 Å². The number of aliphatic hydroxyl groups excluding tert-OH is 2. The summed E-state index contributed by atoms with van der Waals surface area (Å²) >= 11 is 2.08. The number of hydrogen-bond donors (Lipinski definition) is 3.